The van der Waals surface area contributed by atoms with Crippen LogP contribution in [0.4, 0.5) is 5.82 Å². The third kappa shape index (κ3) is 4.06. The molecule has 5 nitrogen and oxygen atoms in total. The van der Waals surface area contributed by atoms with Gasteiger partial charge in [-0.15, -0.1) is 10.2 Å². The lowest BCUT2D eigenvalue weighted by atomic mass is 10.1. The summed E-state index contributed by atoms with van der Waals surface area (Å²) in [5.74, 6) is -0.127. The molecule has 19 heavy (non-hydrogen) atoms. The summed E-state index contributed by atoms with van der Waals surface area (Å²) < 4.78 is 0. The Morgan fingerprint density at radius 2 is 1.89 bits per heavy atom. The predicted octanol–water partition coefficient (Wildman–Crippen LogP) is 2.42. The molecule has 0 saturated carbocycles. The van der Waals surface area contributed by atoms with Crippen molar-refractivity contribution < 1.29 is 9.90 Å². The Balaban J connectivity index is 1.90. The molecule has 0 aliphatic carbocycles. The van der Waals surface area contributed by atoms with Crippen LogP contribution in [0.15, 0.2) is 42.5 Å². The Labute approximate surface area is 111 Å². The molecule has 1 aromatic heterocycles. The molecule has 0 aliphatic heterocycles. The van der Waals surface area contributed by atoms with Crippen molar-refractivity contribution >= 4 is 11.8 Å². The normalized spacial score (nSPS) is 10.1. The Hall–Kier alpha value is -2.43. The highest BCUT2D eigenvalue weighted by molar-refractivity contribution is 5.66. The van der Waals surface area contributed by atoms with E-state index < -0.39 is 5.97 Å². The first-order chi connectivity index (χ1) is 9.25. The summed E-state index contributed by atoms with van der Waals surface area (Å²) in [6.45, 7) is 0.575. The van der Waals surface area contributed by atoms with E-state index in [0.29, 0.717) is 18.8 Å². The Kier molecular flexibility index (Phi) is 4.44. The Morgan fingerprint density at radius 3 is 2.53 bits per heavy atom. The number of hydrogen-bond donors (Lipinski definition) is 2. The number of aromatic nitrogens is 2. The molecular formula is C14H15N3O2. The third-order valence-corrected chi connectivity index (χ3v) is 2.61. The SMILES string of the molecule is O=C(O)CCCNc1ccc(-c2ccccc2)nn1. The van der Waals surface area contributed by atoms with E-state index in [9.17, 15) is 4.79 Å². The van der Waals surface area contributed by atoms with E-state index in [1.165, 1.54) is 0 Å². The van der Waals surface area contributed by atoms with Gasteiger partial charge < -0.3 is 10.4 Å². The topological polar surface area (TPSA) is 75.1 Å². The van der Waals surface area contributed by atoms with Gasteiger partial charge in [-0.3, -0.25) is 4.79 Å². The third-order valence-electron chi connectivity index (χ3n) is 2.61. The number of aliphatic carboxylic acids is 1. The first-order valence-corrected chi connectivity index (χ1v) is 6.10. The minimum atomic E-state index is -0.785. The molecule has 0 unspecified atom stereocenters. The second kappa shape index (κ2) is 6.49. The molecule has 2 aromatic rings. The van der Waals surface area contributed by atoms with E-state index in [0.717, 1.165) is 11.3 Å². The Bertz CT molecular complexity index is 526. The van der Waals surface area contributed by atoms with Crippen LogP contribution in [0.3, 0.4) is 0 Å². The lowest BCUT2D eigenvalue weighted by Gasteiger charge is -2.04. The van der Waals surface area contributed by atoms with Gasteiger partial charge in [0.05, 0.1) is 5.69 Å². The number of hydrogen-bond acceptors (Lipinski definition) is 4. The molecule has 0 bridgehead atoms. The smallest absolute Gasteiger partial charge is 0.303 e. The van der Waals surface area contributed by atoms with E-state index in [1.54, 1.807) is 0 Å². The molecule has 0 amide bonds. The fraction of sp³-hybridized carbons (Fsp3) is 0.214. The molecule has 1 aromatic carbocycles. The zero-order valence-electron chi connectivity index (χ0n) is 10.4. The molecule has 98 valence electrons. The first kappa shape index (κ1) is 13.0. The summed E-state index contributed by atoms with van der Waals surface area (Å²) >= 11 is 0. The van der Waals surface area contributed by atoms with Crippen molar-refractivity contribution in [2.24, 2.45) is 0 Å². The minimum absolute atomic E-state index is 0.155. The number of carbonyl (C=O) groups is 1. The van der Waals surface area contributed by atoms with Crippen LogP contribution in [-0.2, 0) is 4.79 Å². The zero-order chi connectivity index (χ0) is 13.5. The highest BCUT2D eigenvalue weighted by Crippen LogP contribution is 2.16. The minimum Gasteiger partial charge on any atom is -0.481 e. The van der Waals surface area contributed by atoms with Crippen LogP contribution in [0.1, 0.15) is 12.8 Å². The lowest BCUT2D eigenvalue weighted by molar-refractivity contribution is -0.137. The molecule has 0 saturated heterocycles. The number of benzene rings is 1. The summed E-state index contributed by atoms with van der Waals surface area (Å²) in [5, 5.41) is 19.8. The van der Waals surface area contributed by atoms with E-state index in [4.69, 9.17) is 5.11 Å². The summed E-state index contributed by atoms with van der Waals surface area (Å²) in [4.78, 5) is 10.4. The second-order valence-electron chi connectivity index (χ2n) is 4.09. The standard InChI is InChI=1S/C14H15N3O2/c18-14(19)7-4-10-15-13-9-8-12(16-17-13)11-5-2-1-3-6-11/h1-3,5-6,8-9H,4,7,10H2,(H,15,17)(H,18,19). The first-order valence-electron chi connectivity index (χ1n) is 6.10. The van der Waals surface area contributed by atoms with Crippen LogP contribution >= 0.6 is 0 Å². The van der Waals surface area contributed by atoms with Gasteiger partial charge in [0.1, 0.15) is 5.82 Å². The highest BCUT2D eigenvalue weighted by atomic mass is 16.4. The van der Waals surface area contributed by atoms with Gasteiger partial charge in [0.15, 0.2) is 0 Å². The van der Waals surface area contributed by atoms with Gasteiger partial charge in [-0.05, 0) is 18.6 Å². The zero-order valence-corrected chi connectivity index (χ0v) is 10.4. The van der Waals surface area contributed by atoms with Crippen molar-refractivity contribution in [1.29, 1.82) is 0 Å². The van der Waals surface area contributed by atoms with Gasteiger partial charge in [-0.2, -0.15) is 0 Å². The molecule has 1 heterocycles. The molecule has 0 spiro atoms. The average Bonchev–Trinajstić information content (AvgIpc) is 2.45. The maximum absolute atomic E-state index is 10.4. The molecule has 0 radical (unpaired) electrons. The molecule has 0 aliphatic rings. The maximum Gasteiger partial charge on any atom is 0.303 e. The van der Waals surface area contributed by atoms with Crippen LogP contribution in [0.2, 0.25) is 0 Å². The second-order valence-corrected chi connectivity index (χ2v) is 4.09. The fourth-order valence-electron chi connectivity index (χ4n) is 1.65. The quantitative estimate of drug-likeness (QED) is 0.777. The number of anilines is 1. The van der Waals surface area contributed by atoms with Gasteiger partial charge in [-0.1, -0.05) is 30.3 Å². The molecule has 0 atom stereocenters. The van der Waals surface area contributed by atoms with Crippen molar-refractivity contribution in [3.8, 4) is 11.3 Å². The van der Waals surface area contributed by atoms with Crippen LogP contribution in [0.25, 0.3) is 11.3 Å². The monoisotopic (exact) mass is 257 g/mol. The van der Waals surface area contributed by atoms with Crippen molar-refractivity contribution in [2.45, 2.75) is 12.8 Å². The molecular weight excluding hydrogens is 242 g/mol. The van der Waals surface area contributed by atoms with Gasteiger partial charge >= 0.3 is 5.97 Å². The van der Waals surface area contributed by atoms with Gasteiger partial charge in [0.2, 0.25) is 0 Å². The average molecular weight is 257 g/mol. The van der Waals surface area contributed by atoms with Gasteiger partial charge in [-0.25, -0.2) is 0 Å². The number of nitrogens with one attached hydrogen (secondary N) is 1. The molecule has 2 rings (SSSR count). The van der Waals surface area contributed by atoms with Crippen molar-refractivity contribution in [3.05, 3.63) is 42.5 Å². The van der Waals surface area contributed by atoms with E-state index in [-0.39, 0.29) is 6.42 Å². The number of carboxylic acid groups (broad SMARTS) is 1. The summed E-state index contributed by atoms with van der Waals surface area (Å²) in [7, 11) is 0. The van der Waals surface area contributed by atoms with Crippen LogP contribution in [-0.4, -0.2) is 27.8 Å². The lowest BCUT2D eigenvalue weighted by Crippen LogP contribution is -2.06. The maximum atomic E-state index is 10.4. The number of carboxylic acids is 1. The molecule has 5 heteroatoms. The number of rotatable bonds is 6. The molecule has 2 N–H and O–H groups in total. The Morgan fingerprint density at radius 1 is 1.11 bits per heavy atom. The van der Waals surface area contributed by atoms with Crippen molar-refractivity contribution in [1.82, 2.24) is 10.2 Å². The molecule has 0 fully saturated rings. The largest absolute Gasteiger partial charge is 0.481 e. The van der Waals surface area contributed by atoms with E-state index in [1.807, 2.05) is 42.5 Å². The van der Waals surface area contributed by atoms with Crippen molar-refractivity contribution in [3.63, 3.8) is 0 Å². The predicted molar refractivity (Wildman–Crippen MR) is 72.8 cm³/mol. The van der Waals surface area contributed by atoms with Gasteiger partial charge in [0, 0.05) is 18.5 Å². The fourth-order valence-corrected chi connectivity index (χ4v) is 1.65. The van der Waals surface area contributed by atoms with Gasteiger partial charge in [0.25, 0.3) is 0 Å². The summed E-state index contributed by atoms with van der Waals surface area (Å²) in [6, 6.07) is 13.5. The van der Waals surface area contributed by atoms with E-state index >= 15 is 0 Å². The number of nitrogens with zero attached hydrogens (tertiary/aromatic N) is 2. The van der Waals surface area contributed by atoms with Crippen LogP contribution in [0, 0.1) is 0 Å². The van der Waals surface area contributed by atoms with Crippen LogP contribution < -0.4 is 5.32 Å². The van der Waals surface area contributed by atoms with E-state index in [2.05, 4.69) is 15.5 Å². The summed E-state index contributed by atoms with van der Waals surface area (Å²) in [6.07, 6.45) is 0.722. The van der Waals surface area contributed by atoms with Crippen molar-refractivity contribution in [2.75, 3.05) is 11.9 Å². The van der Waals surface area contributed by atoms with Crippen LogP contribution in [0.5, 0.6) is 0 Å². The summed E-state index contributed by atoms with van der Waals surface area (Å²) in [5.41, 5.74) is 1.84. The highest BCUT2D eigenvalue weighted by Gasteiger charge is 2.01.